The number of amides is 2. The highest BCUT2D eigenvalue weighted by atomic mass is 32.1. The lowest BCUT2D eigenvalue weighted by Gasteiger charge is -2.40. The van der Waals surface area contributed by atoms with E-state index in [0.717, 1.165) is 23.9 Å². The van der Waals surface area contributed by atoms with Gasteiger partial charge in [-0.25, -0.2) is 8.78 Å². The summed E-state index contributed by atoms with van der Waals surface area (Å²) in [7, 11) is 0. The van der Waals surface area contributed by atoms with Gasteiger partial charge in [-0.15, -0.1) is 11.3 Å². The van der Waals surface area contributed by atoms with Crippen molar-refractivity contribution in [1.29, 1.82) is 0 Å². The van der Waals surface area contributed by atoms with Crippen LogP contribution in [-0.2, 0) is 11.3 Å². The van der Waals surface area contributed by atoms with E-state index < -0.39 is 17.9 Å². The van der Waals surface area contributed by atoms with Crippen LogP contribution >= 0.6 is 11.3 Å². The Morgan fingerprint density at radius 1 is 1.32 bits per heavy atom. The summed E-state index contributed by atoms with van der Waals surface area (Å²) in [4.78, 5) is 29.6. The Balaban J connectivity index is 1.41. The maximum absolute atomic E-state index is 13.7. The third-order valence-electron chi connectivity index (χ3n) is 5.11. The van der Waals surface area contributed by atoms with Crippen LogP contribution < -0.4 is 15.6 Å². The number of nitrogens with one attached hydrogen (secondary N) is 2. The standard InChI is InChI=1S/C21H23F2N5O2S/c1-12(2)11-27-20(30)19-16(7-8-31-19)28-17(25-26-21(27)28)5-6-18(29)24-10-13-9-14(22)3-4-15(13)23/h3-4,7-9,12,21,26H,5-6,10-11H2,1-2H3,(H,24,29). The minimum absolute atomic E-state index is 0.0289. The Bertz CT molecular complexity index is 1040. The van der Waals surface area contributed by atoms with E-state index in [9.17, 15) is 18.4 Å². The third-order valence-corrected chi connectivity index (χ3v) is 6.00. The van der Waals surface area contributed by atoms with Crippen LogP contribution in [0.25, 0.3) is 0 Å². The molecule has 1 unspecified atom stereocenters. The molecule has 2 aliphatic rings. The Morgan fingerprint density at radius 3 is 2.90 bits per heavy atom. The number of halogens is 2. The fraction of sp³-hybridized carbons (Fsp3) is 0.381. The molecule has 7 nitrogen and oxygen atoms in total. The van der Waals surface area contributed by atoms with Crippen molar-refractivity contribution in [3.8, 4) is 0 Å². The van der Waals surface area contributed by atoms with Crippen molar-refractivity contribution in [2.24, 2.45) is 11.0 Å². The van der Waals surface area contributed by atoms with Gasteiger partial charge in [-0.3, -0.25) is 24.8 Å². The number of hydrogen-bond acceptors (Lipinski definition) is 6. The molecule has 0 saturated carbocycles. The molecule has 0 aliphatic carbocycles. The second-order valence-electron chi connectivity index (χ2n) is 7.90. The SMILES string of the molecule is CC(C)CN1C(=O)c2sccc2N2C(CCC(=O)NCc3cc(F)ccc3F)=NNC12. The number of hydrogen-bond donors (Lipinski definition) is 2. The molecule has 1 atom stereocenters. The van der Waals surface area contributed by atoms with Crippen LogP contribution in [0.5, 0.6) is 0 Å². The largest absolute Gasteiger partial charge is 0.352 e. The molecule has 0 bridgehead atoms. The van der Waals surface area contributed by atoms with E-state index in [4.69, 9.17) is 0 Å². The van der Waals surface area contributed by atoms with Crippen LogP contribution in [-0.4, -0.2) is 35.4 Å². The Hall–Kier alpha value is -3.01. The highest BCUT2D eigenvalue weighted by Gasteiger charge is 2.43. The number of benzene rings is 1. The fourth-order valence-electron chi connectivity index (χ4n) is 3.70. The van der Waals surface area contributed by atoms with Crippen LogP contribution in [0.4, 0.5) is 14.5 Å². The molecule has 2 amide bonds. The Labute approximate surface area is 182 Å². The molecule has 0 saturated heterocycles. The molecular formula is C21H23F2N5O2S. The van der Waals surface area contributed by atoms with E-state index in [-0.39, 0.29) is 36.3 Å². The van der Waals surface area contributed by atoms with Crippen molar-refractivity contribution in [2.75, 3.05) is 11.4 Å². The number of hydrazone groups is 1. The highest BCUT2D eigenvalue weighted by molar-refractivity contribution is 7.12. The van der Waals surface area contributed by atoms with Gasteiger partial charge in [-0.05, 0) is 35.6 Å². The number of fused-ring (bicyclic) bond motifs is 3. The number of amidine groups is 1. The average Bonchev–Trinajstić information content (AvgIpc) is 3.37. The summed E-state index contributed by atoms with van der Waals surface area (Å²) in [5, 5.41) is 8.87. The van der Waals surface area contributed by atoms with Gasteiger partial charge in [-0.2, -0.15) is 5.10 Å². The topological polar surface area (TPSA) is 77.0 Å². The number of rotatable bonds is 7. The lowest BCUT2D eigenvalue weighted by atomic mass is 10.1. The van der Waals surface area contributed by atoms with Gasteiger partial charge < -0.3 is 5.32 Å². The predicted octanol–water partition coefficient (Wildman–Crippen LogP) is 3.24. The number of anilines is 1. The van der Waals surface area contributed by atoms with E-state index in [0.29, 0.717) is 23.7 Å². The van der Waals surface area contributed by atoms with Crippen molar-refractivity contribution in [3.05, 3.63) is 51.7 Å². The summed E-state index contributed by atoms with van der Waals surface area (Å²) < 4.78 is 27.0. The third kappa shape index (κ3) is 4.25. The first-order valence-corrected chi connectivity index (χ1v) is 10.9. The minimum Gasteiger partial charge on any atom is -0.352 e. The molecule has 164 valence electrons. The van der Waals surface area contributed by atoms with E-state index >= 15 is 0 Å². The zero-order valence-corrected chi connectivity index (χ0v) is 18.0. The van der Waals surface area contributed by atoms with Gasteiger partial charge in [-0.1, -0.05) is 13.8 Å². The van der Waals surface area contributed by atoms with Gasteiger partial charge in [0.15, 0.2) is 0 Å². The van der Waals surface area contributed by atoms with Gasteiger partial charge in [0, 0.05) is 31.5 Å². The van der Waals surface area contributed by atoms with Gasteiger partial charge in [0.25, 0.3) is 5.91 Å². The summed E-state index contributed by atoms with van der Waals surface area (Å²) in [6, 6.07) is 5.02. The van der Waals surface area contributed by atoms with E-state index in [2.05, 4.69) is 15.8 Å². The van der Waals surface area contributed by atoms with Gasteiger partial charge in [0.05, 0.1) is 5.69 Å². The van der Waals surface area contributed by atoms with E-state index in [1.54, 1.807) is 4.90 Å². The highest BCUT2D eigenvalue weighted by Crippen LogP contribution is 2.37. The summed E-state index contributed by atoms with van der Waals surface area (Å²) in [5.41, 5.74) is 3.90. The first-order chi connectivity index (χ1) is 14.8. The predicted molar refractivity (Wildman–Crippen MR) is 114 cm³/mol. The van der Waals surface area contributed by atoms with Crippen LogP contribution in [0.2, 0.25) is 0 Å². The molecule has 3 heterocycles. The smallest absolute Gasteiger partial charge is 0.269 e. The molecule has 31 heavy (non-hydrogen) atoms. The lowest BCUT2D eigenvalue weighted by Crippen LogP contribution is -2.59. The molecule has 0 spiro atoms. The van der Waals surface area contributed by atoms with Gasteiger partial charge in [0.2, 0.25) is 12.2 Å². The van der Waals surface area contributed by atoms with Crippen molar-refractivity contribution in [2.45, 2.75) is 39.5 Å². The minimum atomic E-state index is -0.567. The molecule has 0 fully saturated rings. The van der Waals surface area contributed by atoms with Crippen molar-refractivity contribution in [3.63, 3.8) is 0 Å². The molecule has 10 heteroatoms. The molecule has 2 N–H and O–H groups in total. The fourth-order valence-corrected chi connectivity index (χ4v) is 4.54. The Kier molecular flexibility index (Phi) is 5.90. The van der Waals surface area contributed by atoms with E-state index in [1.165, 1.54) is 11.3 Å². The van der Waals surface area contributed by atoms with Crippen molar-refractivity contribution in [1.82, 2.24) is 15.6 Å². The van der Waals surface area contributed by atoms with Crippen molar-refractivity contribution >= 4 is 34.7 Å². The quantitative estimate of drug-likeness (QED) is 0.683. The molecule has 1 aromatic heterocycles. The van der Waals surface area contributed by atoms with Gasteiger partial charge in [0.1, 0.15) is 22.3 Å². The molecule has 1 aromatic carbocycles. The maximum Gasteiger partial charge on any atom is 0.269 e. The monoisotopic (exact) mass is 447 g/mol. The van der Waals surface area contributed by atoms with Crippen LogP contribution in [0.15, 0.2) is 34.7 Å². The molecular weight excluding hydrogens is 424 g/mol. The van der Waals surface area contributed by atoms with Crippen LogP contribution in [0, 0.1) is 17.6 Å². The first-order valence-electron chi connectivity index (χ1n) is 10.1. The normalized spacial score (nSPS) is 17.4. The summed E-state index contributed by atoms with van der Waals surface area (Å²) in [5.74, 6) is -0.515. The number of nitrogens with zero attached hydrogens (tertiary/aromatic N) is 3. The first kappa shape index (κ1) is 21.2. The van der Waals surface area contributed by atoms with Crippen LogP contribution in [0.1, 0.15) is 41.9 Å². The molecule has 2 aromatic rings. The molecule has 0 radical (unpaired) electrons. The lowest BCUT2D eigenvalue weighted by molar-refractivity contribution is -0.121. The molecule has 2 aliphatic heterocycles. The zero-order chi connectivity index (χ0) is 22.1. The van der Waals surface area contributed by atoms with Crippen LogP contribution in [0.3, 0.4) is 0 Å². The number of carbonyl (C=O) groups is 2. The number of carbonyl (C=O) groups excluding carboxylic acids is 2. The summed E-state index contributed by atoms with van der Waals surface area (Å²) in [6.07, 6.45) is 0.0366. The van der Waals surface area contributed by atoms with Gasteiger partial charge >= 0.3 is 0 Å². The summed E-state index contributed by atoms with van der Waals surface area (Å²) >= 11 is 1.39. The maximum atomic E-state index is 13.7. The molecule has 4 rings (SSSR count). The second-order valence-corrected chi connectivity index (χ2v) is 8.82. The average molecular weight is 448 g/mol. The second kappa shape index (κ2) is 8.62. The van der Waals surface area contributed by atoms with E-state index in [1.807, 2.05) is 30.2 Å². The van der Waals surface area contributed by atoms with Crippen molar-refractivity contribution < 1.29 is 18.4 Å². The summed E-state index contributed by atoms with van der Waals surface area (Å²) in [6.45, 7) is 4.58. The number of thiophene rings is 1. The Morgan fingerprint density at radius 2 is 2.13 bits per heavy atom. The zero-order valence-electron chi connectivity index (χ0n) is 17.2.